The number of nitrogens with two attached hydrogens (primary N) is 1. The number of amides is 1. The van der Waals surface area contributed by atoms with Gasteiger partial charge in [0.25, 0.3) is 0 Å². The van der Waals surface area contributed by atoms with Gasteiger partial charge >= 0.3 is 0 Å². The monoisotopic (exact) mass is 218 g/mol. The third-order valence-corrected chi connectivity index (χ3v) is 2.24. The van der Waals surface area contributed by atoms with Crippen molar-refractivity contribution in [1.29, 1.82) is 0 Å². The van der Waals surface area contributed by atoms with Crippen LogP contribution in [0.15, 0.2) is 0 Å². The van der Waals surface area contributed by atoms with E-state index in [0.717, 1.165) is 12.8 Å². The first-order valence-corrected chi connectivity index (χ1v) is 5.06. The molecular formula is C9H18N2O2S. The molecule has 0 rings (SSSR count). The fraction of sp³-hybridized carbons (Fsp3) is 0.778. The highest BCUT2D eigenvalue weighted by Gasteiger charge is 2.18. The molecule has 0 heterocycles. The van der Waals surface area contributed by atoms with Crippen LogP contribution >= 0.6 is 12.2 Å². The standard InChI is InChI=1S/C9H18N2O2S/c1-4-5-7(8(10)14)11-9(12)6(2)13-3/h6-7H,4-5H2,1-3H3,(H2,10,14)(H,11,12). The first-order chi connectivity index (χ1) is 6.52. The maximum atomic E-state index is 11.4. The van der Waals surface area contributed by atoms with Gasteiger partial charge < -0.3 is 15.8 Å². The summed E-state index contributed by atoms with van der Waals surface area (Å²) in [6.07, 6.45) is 1.21. The summed E-state index contributed by atoms with van der Waals surface area (Å²) in [5, 5.41) is 2.74. The van der Waals surface area contributed by atoms with Gasteiger partial charge in [0.2, 0.25) is 5.91 Å². The maximum absolute atomic E-state index is 11.4. The lowest BCUT2D eigenvalue weighted by atomic mass is 10.1. The third kappa shape index (κ3) is 4.53. The highest BCUT2D eigenvalue weighted by molar-refractivity contribution is 7.80. The molecule has 0 aliphatic rings. The van der Waals surface area contributed by atoms with Gasteiger partial charge in [-0.25, -0.2) is 0 Å². The van der Waals surface area contributed by atoms with Crippen LogP contribution < -0.4 is 11.1 Å². The molecule has 0 radical (unpaired) electrons. The largest absolute Gasteiger partial charge is 0.392 e. The van der Waals surface area contributed by atoms with Crippen LogP contribution in [-0.4, -0.2) is 30.2 Å². The normalized spacial score (nSPS) is 14.5. The molecule has 0 aromatic rings. The number of nitrogens with one attached hydrogen (secondary N) is 1. The third-order valence-electron chi connectivity index (χ3n) is 1.96. The number of carbonyl (C=O) groups excluding carboxylic acids is 1. The SMILES string of the molecule is CCCC(NC(=O)C(C)OC)C(N)=S. The molecule has 0 fully saturated rings. The molecule has 0 saturated carbocycles. The van der Waals surface area contributed by atoms with Gasteiger partial charge in [-0.05, 0) is 13.3 Å². The van der Waals surface area contributed by atoms with Gasteiger partial charge in [-0.1, -0.05) is 25.6 Å². The highest BCUT2D eigenvalue weighted by atomic mass is 32.1. The van der Waals surface area contributed by atoms with E-state index in [-0.39, 0.29) is 11.9 Å². The van der Waals surface area contributed by atoms with E-state index in [1.807, 2.05) is 6.92 Å². The summed E-state index contributed by atoms with van der Waals surface area (Å²) in [6, 6.07) is -0.222. The number of methoxy groups -OCH3 is 1. The molecular weight excluding hydrogens is 200 g/mol. The first-order valence-electron chi connectivity index (χ1n) is 4.65. The second-order valence-electron chi connectivity index (χ2n) is 3.13. The van der Waals surface area contributed by atoms with E-state index in [4.69, 9.17) is 22.7 Å². The van der Waals surface area contributed by atoms with E-state index in [9.17, 15) is 4.79 Å². The minimum Gasteiger partial charge on any atom is -0.392 e. The van der Waals surface area contributed by atoms with E-state index in [2.05, 4.69) is 5.32 Å². The molecule has 0 aliphatic carbocycles. The fourth-order valence-corrected chi connectivity index (χ4v) is 1.15. The van der Waals surface area contributed by atoms with Crippen LogP contribution in [0.1, 0.15) is 26.7 Å². The number of rotatable bonds is 6. The van der Waals surface area contributed by atoms with Crippen molar-refractivity contribution in [3.8, 4) is 0 Å². The van der Waals surface area contributed by atoms with Crippen molar-refractivity contribution in [2.75, 3.05) is 7.11 Å². The Morgan fingerprint density at radius 1 is 1.64 bits per heavy atom. The molecule has 3 N–H and O–H groups in total. The average molecular weight is 218 g/mol. The van der Waals surface area contributed by atoms with Gasteiger partial charge in [-0.2, -0.15) is 0 Å². The maximum Gasteiger partial charge on any atom is 0.249 e. The number of ether oxygens (including phenoxy) is 1. The van der Waals surface area contributed by atoms with Gasteiger partial charge in [0.1, 0.15) is 6.10 Å². The Morgan fingerprint density at radius 3 is 2.57 bits per heavy atom. The lowest BCUT2D eigenvalue weighted by Crippen LogP contribution is -2.47. The topological polar surface area (TPSA) is 64.3 Å². The zero-order valence-electron chi connectivity index (χ0n) is 8.87. The molecule has 0 aromatic carbocycles. The predicted molar refractivity (Wildman–Crippen MR) is 60.1 cm³/mol. The average Bonchev–Trinajstić information content (AvgIpc) is 2.15. The van der Waals surface area contributed by atoms with Crippen LogP contribution in [0.2, 0.25) is 0 Å². The molecule has 0 bridgehead atoms. The number of hydrogen-bond donors (Lipinski definition) is 2. The molecule has 5 heteroatoms. The van der Waals surface area contributed by atoms with Crippen molar-refractivity contribution in [2.45, 2.75) is 38.8 Å². The summed E-state index contributed by atoms with van der Waals surface area (Å²) < 4.78 is 4.87. The Bertz CT molecular complexity index is 209. The molecule has 0 aliphatic heterocycles. The molecule has 2 atom stereocenters. The smallest absolute Gasteiger partial charge is 0.249 e. The Morgan fingerprint density at radius 2 is 2.21 bits per heavy atom. The first kappa shape index (κ1) is 13.3. The summed E-state index contributed by atoms with van der Waals surface area (Å²) in [6.45, 7) is 3.69. The number of carbonyl (C=O) groups is 1. The summed E-state index contributed by atoms with van der Waals surface area (Å²) in [5.41, 5.74) is 5.49. The van der Waals surface area contributed by atoms with Crippen molar-refractivity contribution >= 4 is 23.1 Å². The van der Waals surface area contributed by atoms with Gasteiger partial charge in [0.05, 0.1) is 11.0 Å². The van der Waals surface area contributed by atoms with Crippen molar-refractivity contribution in [3.05, 3.63) is 0 Å². The van der Waals surface area contributed by atoms with Crippen molar-refractivity contribution in [1.82, 2.24) is 5.32 Å². The summed E-state index contributed by atoms with van der Waals surface area (Å²) in [5.74, 6) is -0.182. The van der Waals surface area contributed by atoms with E-state index < -0.39 is 6.10 Å². The number of hydrogen-bond acceptors (Lipinski definition) is 3. The highest BCUT2D eigenvalue weighted by Crippen LogP contribution is 1.98. The van der Waals surface area contributed by atoms with Crippen LogP contribution in [0.3, 0.4) is 0 Å². The number of thiocarbonyl (C=S) groups is 1. The van der Waals surface area contributed by atoms with E-state index in [0.29, 0.717) is 4.99 Å². The molecule has 4 nitrogen and oxygen atoms in total. The van der Waals surface area contributed by atoms with Crippen LogP contribution in [0.25, 0.3) is 0 Å². The Hall–Kier alpha value is -0.680. The molecule has 0 saturated heterocycles. The zero-order chi connectivity index (χ0) is 11.1. The van der Waals surface area contributed by atoms with Crippen LogP contribution in [0.5, 0.6) is 0 Å². The van der Waals surface area contributed by atoms with E-state index >= 15 is 0 Å². The van der Waals surface area contributed by atoms with Gasteiger partial charge in [0.15, 0.2) is 0 Å². The second-order valence-corrected chi connectivity index (χ2v) is 3.60. The van der Waals surface area contributed by atoms with Crippen LogP contribution in [0.4, 0.5) is 0 Å². The van der Waals surface area contributed by atoms with E-state index in [1.165, 1.54) is 7.11 Å². The van der Waals surface area contributed by atoms with Crippen molar-refractivity contribution in [3.63, 3.8) is 0 Å². The molecule has 0 aromatic heterocycles. The van der Waals surface area contributed by atoms with Crippen LogP contribution in [0, 0.1) is 0 Å². The molecule has 82 valence electrons. The van der Waals surface area contributed by atoms with Gasteiger partial charge in [0, 0.05) is 7.11 Å². The minimum absolute atomic E-state index is 0.182. The van der Waals surface area contributed by atoms with Gasteiger partial charge in [-0.3, -0.25) is 4.79 Å². The Kier molecular flexibility index (Phi) is 6.40. The molecule has 2 unspecified atom stereocenters. The fourth-order valence-electron chi connectivity index (χ4n) is 0.970. The lowest BCUT2D eigenvalue weighted by Gasteiger charge is -2.18. The molecule has 1 amide bonds. The summed E-state index contributed by atoms with van der Waals surface area (Å²) in [4.78, 5) is 11.7. The Labute approximate surface area is 90.2 Å². The Balaban J connectivity index is 4.15. The van der Waals surface area contributed by atoms with Crippen molar-refractivity contribution in [2.24, 2.45) is 5.73 Å². The lowest BCUT2D eigenvalue weighted by molar-refractivity contribution is -0.130. The zero-order valence-corrected chi connectivity index (χ0v) is 9.69. The predicted octanol–water partition coefficient (Wildman–Crippen LogP) is 0.592. The van der Waals surface area contributed by atoms with Gasteiger partial charge in [-0.15, -0.1) is 0 Å². The summed E-state index contributed by atoms with van der Waals surface area (Å²) >= 11 is 4.85. The quantitative estimate of drug-likeness (QED) is 0.641. The van der Waals surface area contributed by atoms with Crippen LogP contribution in [-0.2, 0) is 9.53 Å². The van der Waals surface area contributed by atoms with Crippen molar-refractivity contribution < 1.29 is 9.53 Å². The van der Waals surface area contributed by atoms with E-state index in [1.54, 1.807) is 6.92 Å². The summed E-state index contributed by atoms with van der Waals surface area (Å²) in [7, 11) is 1.49. The molecule has 0 spiro atoms. The molecule has 14 heavy (non-hydrogen) atoms. The minimum atomic E-state index is -0.469. The second kappa shape index (κ2) is 6.73.